The topological polar surface area (TPSA) is 131 Å². The Morgan fingerprint density at radius 1 is 0.771 bits per heavy atom. The second-order valence-electron chi connectivity index (χ2n) is 13.3. The molecular weight excluding hydrogens is 600 g/mol. The van der Waals surface area contributed by atoms with Crippen molar-refractivity contribution in [3.63, 3.8) is 0 Å². The van der Waals surface area contributed by atoms with Crippen molar-refractivity contribution in [1.82, 2.24) is 33.9 Å². The molecule has 10 rings (SSSR count). The monoisotopic (exact) mass is 634 g/mol. The third kappa shape index (κ3) is 4.31. The summed E-state index contributed by atoms with van der Waals surface area (Å²) in [5.41, 5.74) is 11.5. The molecule has 0 saturated carbocycles. The number of aliphatic hydroxyl groups excluding tert-OH is 2. The number of rotatable bonds is 2. The van der Waals surface area contributed by atoms with Gasteiger partial charge in [-0.1, -0.05) is 48.5 Å². The molecular formula is C38H34N8O2. The molecule has 0 saturated heterocycles. The van der Waals surface area contributed by atoms with E-state index in [0.29, 0.717) is 12.2 Å². The Kier molecular flexibility index (Phi) is 6.67. The van der Waals surface area contributed by atoms with Gasteiger partial charge >= 0.3 is 0 Å². The molecule has 2 aromatic carbocycles. The van der Waals surface area contributed by atoms with Gasteiger partial charge in [-0.3, -0.25) is 9.67 Å². The molecule has 1 aliphatic carbocycles. The first-order valence-electron chi connectivity index (χ1n) is 16.5. The third-order valence-electron chi connectivity index (χ3n) is 10.8. The number of hydrogen-bond acceptors (Lipinski definition) is 7. The van der Waals surface area contributed by atoms with Crippen LogP contribution in [-0.2, 0) is 13.0 Å². The molecule has 6 aromatic rings. The summed E-state index contributed by atoms with van der Waals surface area (Å²) in [5.74, 6) is 0.163. The number of aromatic nitrogens is 7. The van der Waals surface area contributed by atoms with Gasteiger partial charge < -0.3 is 19.3 Å². The summed E-state index contributed by atoms with van der Waals surface area (Å²) in [7, 11) is 0. The zero-order valence-corrected chi connectivity index (χ0v) is 26.4. The van der Waals surface area contributed by atoms with Crippen LogP contribution < -0.4 is 0 Å². The van der Waals surface area contributed by atoms with E-state index in [1.807, 2.05) is 50.3 Å². The first kappa shape index (κ1) is 28.8. The normalized spacial score (nSPS) is 24.2. The summed E-state index contributed by atoms with van der Waals surface area (Å²) in [4.78, 5) is 13.0. The molecule has 238 valence electrons. The van der Waals surface area contributed by atoms with Gasteiger partial charge in [-0.2, -0.15) is 10.4 Å². The van der Waals surface area contributed by atoms with Gasteiger partial charge in [0.15, 0.2) is 5.69 Å². The number of hydrogen-bond donors (Lipinski definition) is 2. The molecule has 4 aromatic heterocycles. The van der Waals surface area contributed by atoms with E-state index in [0.717, 1.165) is 47.6 Å². The van der Waals surface area contributed by atoms with Crippen LogP contribution in [0.25, 0.3) is 22.5 Å². The number of aliphatic hydroxyl groups is 2. The van der Waals surface area contributed by atoms with Gasteiger partial charge in [0.1, 0.15) is 12.2 Å². The Morgan fingerprint density at radius 2 is 1.40 bits per heavy atom. The zero-order chi connectivity index (χ0) is 32.5. The van der Waals surface area contributed by atoms with Crippen LogP contribution in [0.1, 0.15) is 76.5 Å². The molecule has 4 aliphatic rings. The molecule has 0 amide bonds. The maximum Gasteiger partial charge on any atom is 0.162 e. The molecule has 7 heterocycles. The largest absolute Gasteiger partial charge is 0.388 e. The van der Waals surface area contributed by atoms with Crippen LogP contribution in [0.4, 0.5) is 0 Å². The minimum Gasteiger partial charge on any atom is -0.388 e. The van der Waals surface area contributed by atoms with E-state index in [-0.39, 0.29) is 23.9 Å². The minimum atomic E-state index is -0.653. The number of nitrogens with zero attached hydrogens (tertiary/aromatic N) is 8. The predicted octanol–water partition coefficient (Wildman–Crippen LogP) is 5.73. The predicted molar refractivity (Wildman–Crippen MR) is 177 cm³/mol. The lowest BCUT2D eigenvalue weighted by Crippen LogP contribution is -2.31. The van der Waals surface area contributed by atoms with E-state index in [2.05, 4.69) is 77.7 Å². The quantitative estimate of drug-likeness (QED) is 0.249. The van der Waals surface area contributed by atoms with Crippen molar-refractivity contribution in [2.24, 2.45) is 11.8 Å². The van der Waals surface area contributed by atoms with Crippen LogP contribution in [-0.4, -0.2) is 44.1 Å². The molecule has 6 unspecified atom stereocenters. The maximum absolute atomic E-state index is 11.1. The van der Waals surface area contributed by atoms with Gasteiger partial charge in [0.2, 0.25) is 0 Å². The van der Waals surface area contributed by atoms with Crippen LogP contribution >= 0.6 is 0 Å². The third-order valence-corrected chi connectivity index (χ3v) is 10.8. The first-order valence-corrected chi connectivity index (χ1v) is 16.5. The average molecular weight is 635 g/mol. The standard InChI is InChI=1S/C20H19N3O.C18H15N5O/c1-12-8-13-6-7-16(20(24)17(13)9-22-12)19-15-5-3-2-4-14(15)18-10-21-11-23(18)19;19-8-11-7-15-18(24)14(5-6-23(15)21-11)17-13-4-2-1-3-12(13)16-9-20-10-22(16)17/h2-5,8-11,16,19-20,24H,6-7H2,1H3;1-4,7,9-10,14,17-18,24H,5-6H2. The summed E-state index contributed by atoms with van der Waals surface area (Å²) in [5, 5.41) is 35.4. The van der Waals surface area contributed by atoms with Crippen LogP contribution in [0.3, 0.4) is 0 Å². The summed E-state index contributed by atoms with van der Waals surface area (Å²) in [6.07, 6.45) is 11.0. The van der Waals surface area contributed by atoms with Crippen LogP contribution in [0, 0.1) is 30.1 Å². The molecule has 10 heteroatoms. The Labute approximate surface area is 277 Å². The van der Waals surface area contributed by atoms with Gasteiger partial charge in [0.05, 0.1) is 60.3 Å². The average Bonchev–Trinajstić information content (AvgIpc) is 3.93. The summed E-state index contributed by atoms with van der Waals surface area (Å²) >= 11 is 0. The smallest absolute Gasteiger partial charge is 0.162 e. The first-order chi connectivity index (χ1) is 23.5. The van der Waals surface area contributed by atoms with E-state index in [1.165, 1.54) is 27.8 Å². The molecule has 10 nitrogen and oxygen atoms in total. The van der Waals surface area contributed by atoms with Gasteiger partial charge in [0, 0.05) is 53.0 Å². The molecule has 0 radical (unpaired) electrons. The highest BCUT2D eigenvalue weighted by atomic mass is 16.3. The van der Waals surface area contributed by atoms with Crippen LogP contribution in [0.2, 0.25) is 0 Å². The number of pyridine rings is 1. The van der Waals surface area contributed by atoms with E-state index in [1.54, 1.807) is 10.7 Å². The highest BCUT2D eigenvalue weighted by Gasteiger charge is 2.42. The van der Waals surface area contributed by atoms with Gasteiger partial charge in [-0.25, -0.2) is 9.97 Å². The minimum absolute atomic E-state index is 0.0253. The number of benzene rings is 2. The Hall–Kier alpha value is -5.37. The lowest BCUT2D eigenvalue weighted by atomic mass is 9.76. The number of nitriles is 1. The molecule has 48 heavy (non-hydrogen) atoms. The number of fused-ring (bicyclic) bond motifs is 8. The molecule has 0 spiro atoms. The fourth-order valence-corrected chi connectivity index (χ4v) is 8.65. The Morgan fingerprint density at radius 3 is 2.04 bits per heavy atom. The number of aryl methyl sites for hydroxylation is 3. The van der Waals surface area contributed by atoms with E-state index in [4.69, 9.17) is 5.26 Å². The highest BCUT2D eigenvalue weighted by Crippen LogP contribution is 2.50. The van der Waals surface area contributed by atoms with E-state index >= 15 is 0 Å². The second kappa shape index (κ2) is 11.1. The molecule has 6 atom stereocenters. The zero-order valence-electron chi connectivity index (χ0n) is 26.4. The Balaban J connectivity index is 0.000000131. The van der Waals surface area contributed by atoms with Gasteiger partial charge in [-0.15, -0.1) is 0 Å². The maximum atomic E-state index is 11.1. The molecule has 0 bridgehead atoms. The summed E-state index contributed by atoms with van der Waals surface area (Å²) in [6, 6.07) is 22.9. The van der Waals surface area contributed by atoms with Crippen molar-refractivity contribution in [3.8, 4) is 28.6 Å². The lowest BCUT2D eigenvalue weighted by molar-refractivity contribution is 0.0525. The Bertz CT molecular complexity index is 2220. The van der Waals surface area contributed by atoms with Gasteiger partial charge in [-0.05, 0) is 48.9 Å². The fraction of sp³-hybridized carbons (Fsp3) is 0.289. The summed E-state index contributed by atoms with van der Waals surface area (Å²) in [6.45, 7) is 2.71. The molecule has 2 N–H and O–H groups in total. The van der Waals surface area contributed by atoms with Crippen molar-refractivity contribution < 1.29 is 10.2 Å². The van der Waals surface area contributed by atoms with E-state index in [9.17, 15) is 10.2 Å². The van der Waals surface area contributed by atoms with Gasteiger partial charge in [0.25, 0.3) is 0 Å². The fourth-order valence-electron chi connectivity index (χ4n) is 8.65. The number of imidazole rings is 2. The summed E-state index contributed by atoms with van der Waals surface area (Å²) < 4.78 is 6.15. The van der Waals surface area contributed by atoms with E-state index < -0.39 is 12.2 Å². The van der Waals surface area contributed by atoms with Crippen LogP contribution in [0.15, 0.2) is 91.9 Å². The molecule has 0 fully saturated rings. The second-order valence-corrected chi connectivity index (χ2v) is 13.3. The van der Waals surface area contributed by atoms with Crippen molar-refractivity contribution in [1.29, 1.82) is 5.26 Å². The SMILES string of the molecule is Cc1cc2c(cn1)C(O)C(C1c3ccccc3-c3cncn31)CC2.N#Cc1cc2n(n1)CCC(C1c3ccccc3-c3cncn31)C2O. The van der Waals surface area contributed by atoms with Crippen molar-refractivity contribution >= 4 is 0 Å². The van der Waals surface area contributed by atoms with Crippen molar-refractivity contribution in [2.75, 3.05) is 0 Å². The van der Waals surface area contributed by atoms with Crippen LogP contribution in [0.5, 0.6) is 0 Å². The molecule has 3 aliphatic heterocycles. The lowest BCUT2D eigenvalue weighted by Gasteiger charge is -2.35. The highest BCUT2D eigenvalue weighted by molar-refractivity contribution is 5.70. The van der Waals surface area contributed by atoms with Crippen molar-refractivity contribution in [2.45, 2.75) is 57.0 Å². The van der Waals surface area contributed by atoms with Crippen molar-refractivity contribution in [3.05, 3.63) is 131 Å².